The first-order chi connectivity index (χ1) is 11.5. The van der Waals surface area contributed by atoms with Gasteiger partial charge in [-0.2, -0.15) is 0 Å². The Morgan fingerprint density at radius 3 is 2.33 bits per heavy atom. The van der Waals surface area contributed by atoms with E-state index in [-0.39, 0.29) is 5.91 Å². The second-order valence-electron chi connectivity index (χ2n) is 5.22. The maximum Gasteiger partial charge on any atom is 0.224 e. The van der Waals surface area contributed by atoms with Crippen molar-refractivity contribution in [1.29, 1.82) is 0 Å². The quantitative estimate of drug-likeness (QED) is 0.751. The molecule has 0 unspecified atom stereocenters. The lowest BCUT2D eigenvalue weighted by Gasteiger charge is -2.13. The number of methoxy groups -OCH3 is 2. The zero-order valence-corrected chi connectivity index (χ0v) is 15.1. The molecule has 0 saturated heterocycles. The summed E-state index contributed by atoms with van der Waals surface area (Å²) < 4.78 is 10.4. The van der Waals surface area contributed by atoms with E-state index in [4.69, 9.17) is 32.7 Å². The average molecular weight is 368 g/mol. The number of nitrogens with one attached hydrogen (secondary N) is 1. The van der Waals surface area contributed by atoms with Crippen LogP contribution in [0, 0.1) is 0 Å². The van der Waals surface area contributed by atoms with Gasteiger partial charge in [-0.25, -0.2) is 0 Å². The van der Waals surface area contributed by atoms with Crippen LogP contribution in [0.15, 0.2) is 36.4 Å². The van der Waals surface area contributed by atoms with E-state index in [1.807, 2.05) is 24.3 Å². The van der Waals surface area contributed by atoms with E-state index in [1.165, 1.54) is 14.2 Å². The van der Waals surface area contributed by atoms with Crippen molar-refractivity contribution in [2.75, 3.05) is 19.5 Å². The topological polar surface area (TPSA) is 47.6 Å². The first-order valence-electron chi connectivity index (χ1n) is 7.49. The second kappa shape index (κ2) is 8.81. The van der Waals surface area contributed by atoms with E-state index in [9.17, 15) is 4.79 Å². The fourth-order valence-electron chi connectivity index (χ4n) is 2.27. The maximum atomic E-state index is 12.1. The molecule has 0 bridgehead atoms. The predicted molar refractivity (Wildman–Crippen MR) is 97.6 cm³/mol. The number of hydrogen-bond acceptors (Lipinski definition) is 3. The van der Waals surface area contributed by atoms with E-state index in [2.05, 4.69) is 5.32 Å². The number of hydrogen-bond donors (Lipinski definition) is 1. The van der Waals surface area contributed by atoms with Crippen LogP contribution < -0.4 is 14.8 Å². The van der Waals surface area contributed by atoms with Gasteiger partial charge in [0.25, 0.3) is 0 Å². The van der Waals surface area contributed by atoms with Crippen molar-refractivity contribution in [1.82, 2.24) is 0 Å². The van der Waals surface area contributed by atoms with Crippen molar-refractivity contribution in [2.24, 2.45) is 0 Å². The lowest BCUT2D eigenvalue weighted by Crippen LogP contribution is -2.12. The number of carbonyl (C=O) groups excluding carboxylic acids is 1. The number of amides is 1. The lowest BCUT2D eigenvalue weighted by atomic mass is 10.1. The Balaban J connectivity index is 1.93. The molecular weight excluding hydrogens is 349 g/mol. The van der Waals surface area contributed by atoms with Crippen LogP contribution in [0.5, 0.6) is 11.5 Å². The van der Waals surface area contributed by atoms with Crippen LogP contribution in [-0.4, -0.2) is 20.1 Å². The Morgan fingerprint density at radius 2 is 1.71 bits per heavy atom. The molecule has 1 N–H and O–H groups in total. The highest BCUT2D eigenvalue weighted by molar-refractivity contribution is 6.32. The van der Waals surface area contributed by atoms with Crippen molar-refractivity contribution in [2.45, 2.75) is 19.3 Å². The normalized spacial score (nSPS) is 10.3. The van der Waals surface area contributed by atoms with Crippen molar-refractivity contribution < 1.29 is 14.3 Å². The van der Waals surface area contributed by atoms with E-state index < -0.39 is 0 Å². The minimum Gasteiger partial charge on any atom is -0.495 e. The third kappa shape index (κ3) is 5.05. The first kappa shape index (κ1) is 18.4. The SMILES string of the molecule is COc1cc(NC(=O)CCCc2ccc(Cl)cc2)c(OC)cc1Cl. The summed E-state index contributed by atoms with van der Waals surface area (Å²) in [5.41, 5.74) is 1.69. The van der Waals surface area contributed by atoms with Gasteiger partial charge in [0, 0.05) is 23.6 Å². The molecule has 0 aromatic heterocycles. The molecule has 0 heterocycles. The van der Waals surface area contributed by atoms with Gasteiger partial charge in [-0.3, -0.25) is 4.79 Å². The average Bonchev–Trinajstić information content (AvgIpc) is 2.57. The summed E-state index contributed by atoms with van der Waals surface area (Å²) in [7, 11) is 3.04. The highest BCUT2D eigenvalue weighted by Crippen LogP contribution is 2.35. The van der Waals surface area contributed by atoms with Crippen molar-refractivity contribution in [3.05, 3.63) is 52.0 Å². The summed E-state index contributed by atoms with van der Waals surface area (Å²) in [5.74, 6) is 0.882. The first-order valence-corrected chi connectivity index (χ1v) is 8.25. The van der Waals surface area contributed by atoms with E-state index >= 15 is 0 Å². The fraction of sp³-hybridized carbons (Fsp3) is 0.278. The van der Waals surface area contributed by atoms with Gasteiger partial charge in [0.1, 0.15) is 11.5 Å². The summed E-state index contributed by atoms with van der Waals surface area (Å²) >= 11 is 11.9. The van der Waals surface area contributed by atoms with Crippen molar-refractivity contribution >= 4 is 34.8 Å². The van der Waals surface area contributed by atoms with E-state index in [0.717, 1.165) is 18.4 Å². The summed E-state index contributed by atoms with van der Waals surface area (Å²) in [6, 6.07) is 10.9. The van der Waals surface area contributed by atoms with Crippen LogP contribution in [0.2, 0.25) is 10.0 Å². The van der Waals surface area contributed by atoms with Gasteiger partial charge in [0.2, 0.25) is 5.91 Å². The molecule has 1 amide bonds. The zero-order valence-electron chi connectivity index (χ0n) is 13.6. The summed E-state index contributed by atoms with van der Waals surface area (Å²) in [5, 5.41) is 3.97. The van der Waals surface area contributed by atoms with E-state index in [0.29, 0.717) is 33.7 Å². The molecule has 4 nitrogen and oxygen atoms in total. The highest BCUT2D eigenvalue weighted by Gasteiger charge is 2.12. The van der Waals surface area contributed by atoms with Gasteiger partial charge >= 0.3 is 0 Å². The highest BCUT2D eigenvalue weighted by atomic mass is 35.5. The molecule has 0 fully saturated rings. The van der Waals surface area contributed by atoms with Crippen LogP contribution >= 0.6 is 23.2 Å². The second-order valence-corrected chi connectivity index (χ2v) is 6.06. The predicted octanol–water partition coefficient (Wildman–Crippen LogP) is 4.97. The van der Waals surface area contributed by atoms with E-state index in [1.54, 1.807) is 12.1 Å². The maximum absolute atomic E-state index is 12.1. The number of anilines is 1. The number of halogens is 2. The van der Waals surface area contributed by atoms with Gasteiger partial charge in [0.15, 0.2) is 0 Å². The third-order valence-corrected chi connectivity index (χ3v) is 4.08. The van der Waals surface area contributed by atoms with Gasteiger partial charge in [-0.1, -0.05) is 35.3 Å². The molecule has 2 aromatic carbocycles. The lowest BCUT2D eigenvalue weighted by molar-refractivity contribution is -0.116. The number of benzene rings is 2. The third-order valence-electron chi connectivity index (χ3n) is 3.53. The van der Waals surface area contributed by atoms with Crippen LogP contribution in [0.3, 0.4) is 0 Å². The van der Waals surface area contributed by atoms with Gasteiger partial charge in [-0.15, -0.1) is 0 Å². The zero-order chi connectivity index (χ0) is 17.5. The monoisotopic (exact) mass is 367 g/mol. The Kier molecular flexibility index (Phi) is 6.76. The molecule has 2 rings (SSSR count). The number of rotatable bonds is 7. The molecule has 0 spiro atoms. The van der Waals surface area contributed by atoms with Crippen molar-refractivity contribution in [3.63, 3.8) is 0 Å². The molecule has 0 aliphatic rings. The summed E-state index contributed by atoms with van der Waals surface area (Å²) in [4.78, 5) is 12.1. The summed E-state index contributed by atoms with van der Waals surface area (Å²) in [6.45, 7) is 0. The molecule has 0 radical (unpaired) electrons. The fourth-order valence-corrected chi connectivity index (χ4v) is 2.63. The molecule has 0 aliphatic heterocycles. The molecule has 2 aromatic rings. The minimum atomic E-state index is -0.0911. The van der Waals surface area contributed by atoms with Crippen molar-refractivity contribution in [3.8, 4) is 11.5 Å². The molecular formula is C18H19Cl2NO3. The Bertz CT molecular complexity index is 702. The number of ether oxygens (including phenoxy) is 2. The van der Waals surface area contributed by atoms with Crippen LogP contribution in [0.4, 0.5) is 5.69 Å². The smallest absolute Gasteiger partial charge is 0.224 e. The summed E-state index contributed by atoms with van der Waals surface area (Å²) in [6.07, 6.45) is 1.95. The minimum absolute atomic E-state index is 0.0911. The van der Waals surface area contributed by atoms with Gasteiger partial charge in [-0.05, 0) is 30.5 Å². The van der Waals surface area contributed by atoms with Crippen LogP contribution in [0.25, 0.3) is 0 Å². The molecule has 0 saturated carbocycles. The van der Waals surface area contributed by atoms with Gasteiger partial charge < -0.3 is 14.8 Å². The molecule has 6 heteroatoms. The van der Waals surface area contributed by atoms with Gasteiger partial charge in [0.05, 0.1) is 24.9 Å². The molecule has 128 valence electrons. The Morgan fingerprint density at radius 1 is 1.04 bits per heavy atom. The molecule has 0 aliphatic carbocycles. The van der Waals surface area contributed by atoms with Crippen LogP contribution in [-0.2, 0) is 11.2 Å². The standard InChI is InChI=1S/C18H19Cl2NO3/c1-23-16-11-15(17(24-2)10-14(16)20)21-18(22)5-3-4-12-6-8-13(19)9-7-12/h6-11H,3-5H2,1-2H3,(H,21,22). The molecule has 24 heavy (non-hydrogen) atoms. The largest absolute Gasteiger partial charge is 0.495 e. The molecule has 0 atom stereocenters. The Labute approximate surface area is 151 Å². The number of carbonyl (C=O) groups is 1. The number of aryl methyl sites for hydroxylation is 1. The van der Waals surface area contributed by atoms with Crippen LogP contribution in [0.1, 0.15) is 18.4 Å². The Hall–Kier alpha value is -1.91.